The van der Waals surface area contributed by atoms with Gasteiger partial charge in [0.1, 0.15) is 5.82 Å². The van der Waals surface area contributed by atoms with Gasteiger partial charge in [-0.15, -0.1) is 0 Å². The van der Waals surface area contributed by atoms with E-state index in [9.17, 15) is 0 Å². The first kappa shape index (κ1) is 14.8. The molecular weight excluding hydrogens is 280 g/mol. The third-order valence-corrected chi connectivity index (χ3v) is 3.63. The zero-order chi connectivity index (χ0) is 15.4. The van der Waals surface area contributed by atoms with Crippen molar-refractivity contribution in [3.05, 3.63) is 29.2 Å². The van der Waals surface area contributed by atoms with Gasteiger partial charge >= 0.3 is 0 Å². The third-order valence-electron chi connectivity index (χ3n) is 3.63. The number of hydrogen-bond acceptors (Lipinski definition) is 6. The molecule has 0 amide bonds. The molecule has 2 aromatic heterocycles. The molecule has 1 saturated heterocycles. The first-order valence-electron chi connectivity index (χ1n) is 7.70. The van der Waals surface area contributed by atoms with Gasteiger partial charge in [0.15, 0.2) is 0 Å². The molecule has 0 radical (unpaired) electrons. The summed E-state index contributed by atoms with van der Waals surface area (Å²) >= 11 is 0. The van der Waals surface area contributed by atoms with Gasteiger partial charge in [0, 0.05) is 30.5 Å². The summed E-state index contributed by atoms with van der Waals surface area (Å²) in [7, 11) is 0. The van der Waals surface area contributed by atoms with Crippen molar-refractivity contribution < 1.29 is 4.74 Å². The average Bonchev–Trinajstić information content (AvgIpc) is 2.99. The summed E-state index contributed by atoms with van der Waals surface area (Å²) in [5.41, 5.74) is 3.07. The van der Waals surface area contributed by atoms with Crippen molar-refractivity contribution in [3.63, 3.8) is 0 Å². The quantitative estimate of drug-likeness (QED) is 0.872. The second-order valence-electron chi connectivity index (χ2n) is 5.39. The van der Waals surface area contributed by atoms with E-state index in [2.05, 4.69) is 37.3 Å². The van der Waals surface area contributed by atoms with Gasteiger partial charge in [-0.25, -0.2) is 4.98 Å². The predicted molar refractivity (Wildman–Crippen MR) is 85.1 cm³/mol. The average molecular weight is 302 g/mol. The molecule has 7 nitrogen and oxygen atoms in total. The Kier molecular flexibility index (Phi) is 4.53. The van der Waals surface area contributed by atoms with Gasteiger partial charge in [-0.3, -0.25) is 5.10 Å². The highest BCUT2D eigenvalue weighted by molar-refractivity contribution is 5.44. The Morgan fingerprint density at radius 2 is 2.05 bits per heavy atom. The van der Waals surface area contributed by atoms with E-state index in [-0.39, 0.29) is 0 Å². The first-order valence-corrected chi connectivity index (χ1v) is 7.70. The predicted octanol–water partition coefficient (Wildman–Crippen LogP) is 1.52. The van der Waals surface area contributed by atoms with Crippen LogP contribution in [0.15, 0.2) is 12.1 Å². The number of aryl methyl sites for hydroxylation is 2. The lowest BCUT2D eigenvalue weighted by Crippen LogP contribution is -2.37. The normalized spacial score (nSPS) is 15.1. The van der Waals surface area contributed by atoms with Crippen molar-refractivity contribution in [2.45, 2.75) is 26.8 Å². The largest absolute Gasteiger partial charge is 0.378 e. The Labute approximate surface area is 130 Å². The third kappa shape index (κ3) is 3.54. The highest BCUT2D eigenvalue weighted by Gasteiger charge is 2.15. The van der Waals surface area contributed by atoms with Crippen LogP contribution in [0.1, 0.15) is 24.0 Å². The monoisotopic (exact) mass is 302 g/mol. The Hall–Kier alpha value is -2.15. The molecule has 0 aromatic carbocycles. The molecule has 22 heavy (non-hydrogen) atoms. The van der Waals surface area contributed by atoms with Gasteiger partial charge in [-0.1, -0.05) is 6.92 Å². The van der Waals surface area contributed by atoms with E-state index in [4.69, 9.17) is 4.74 Å². The van der Waals surface area contributed by atoms with E-state index in [1.165, 1.54) is 0 Å². The van der Waals surface area contributed by atoms with Gasteiger partial charge in [-0.2, -0.15) is 10.1 Å². The number of ether oxygens (including phenoxy) is 1. The lowest BCUT2D eigenvalue weighted by molar-refractivity contribution is 0.122. The molecule has 0 spiro atoms. The number of aromatic amines is 1. The van der Waals surface area contributed by atoms with Crippen LogP contribution in [0.5, 0.6) is 0 Å². The molecular formula is C15H22N6O. The van der Waals surface area contributed by atoms with Crippen LogP contribution in [0.4, 0.5) is 11.8 Å². The van der Waals surface area contributed by atoms with Crippen molar-refractivity contribution >= 4 is 11.8 Å². The lowest BCUT2D eigenvalue weighted by atomic mass is 10.3. The number of aromatic nitrogens is 4. The maximum absolute atomic E-state index is 5.39. The SMILES string of the molecule is CCc1cc(NCc2cc(C)[nH]n2)nc(N2CCOCC2)n1. The number of nitrogens with one attached hydrogen (secondary N) is 2. The molecule has 1 aliphatic rings. The van der Waals surface area contributed by atoms with Gasteiger partial charge in [0.2, 0.25) is 5.95 Å². The number of anilines is 2. The van der Waals surface area contributed by atoms with Crippen molar-refractivity contribution in [1.82, 2.24) is 20.2 Å². The molecule has 118 valence electrons. The van der Waals surface area contributed by atoms with E-state index in [0.717, 1.165) is 61.6 Å². The molecule has 0 unspecified atom stereocenters. The Balaban J connectivity index is 1.74. The van der Waals surface area contributed by atoms with Crippen molar-refractivity contribution in [2.24, 2.45) is 0 Å². The fourth-order valence-electron chi connectivity index (χ4n) is 2.41. The second kappa shape index (κ2) is 6.74. The van der Waals surface area contributed by atoms with Crippen LogP contribution in [0.25, 0.3) is 0 Å². The minimum absolute atomic E-state index is 0.646. The Morgan fingerprint density at radius 3 is 2.73 bits per heavy atom. The van der Waals surface area contributed by atoms with Gasteiger partial charge in [0.25, 0.3) is 0 Å². The maximum Gasteiger partial charge on any atom is 0.227 e. The molecule has 3 rings (SSSR count). The molecule has 3 heterocycles. The molecule has 0 atom stereocenters. The molecule has 0 saturated carbocycles. The van der Waals surface area contributed by atoms with Crippen LogP contribution in [0.2, 0.25) is 0 Å². The Bertz CT molecular complexity index is 620. The van der Waals surface area contributed by atoms with Crippen LogP contribution in [-0.4, -0.2) is 46.5 Å². The first-order chi connectivity index (χ1) is 10.7. The van der Waals surface area contributed by atoms with Crippen molar-refractivity contribution in [1.29, 1.82) is 0 Å². The highest BCUT2D eigenvalue weighted by Crippen LogP contribution is 2.16. The fourth-order valence-corrected chi connectivity index (χ4v) is 2.41. The summed E-state index contributed by atoms with van der Waals surface area (Å²) in [4.78, 5) is 11.4. The fraction of sp³-hybridized carbons (Fsp3) is 0.533. The topological polar surface area (TPSA) is 79.0 Å². The van der Waals surface area contributed by atoms with Gasteiger partial charge < -0.3 is 15.0 Å². The maximum atomic E-state index is 5.39. The molecule has 7 heteroatoms. The smallest absolute Gasteiger partial charge is 0.227 e. The van der Waals surface area contributed by atoms with Crippen LogP contribution >= 0.6 is 0 Å². The minimum atomic E-state index is 0.646. The zero-order valence-electron chi connectivity index (χ0n) is 13.1. The molecule has 1 aliphatic heterocycles. The molecule has 1 fully saturated rings. The number of morpholine rings is 1. The molecule has 0 aliphatic carbocycles. The molecule has 2 N–H and O–H groups in total. The van der Waals surface area contributed by atoms with E-state index in [0.29, 0.717) is 6.54 Å². The van der Waals surface area contributed by atoms with Crippen LogP contribution in [-0.2, 0) is 17.7 Å². The van der Waals surface area contributed by atoms with E-state index in [1.54, 1.807) is 0 Å². The second-order valence-corrected chi connectivity index (χ2v) is 5.39. The van der Waals surface area contributed by atoms with E-state index in [1.807, 2.05) is 19.1 Å². The lowest BCUT2D eigenvalue weighted by Gasteiger charge is -2.27. The summed E-state index contributed by atoms with van der Waals surface area (Å²) < 4.78 is 5.39. The minimum Gasteiger partial charge on any atom is -0.378 e. The van der Waals surface area contributed by atoms with Gasteiger partial charge in [-0.05, 0) is 19.4 Å². The van der Waals surface area contributed by atoms with Crippen LogP contribution < -0.4 is 10.2 Å². The van der Waals surface area contributed by atoms with Crippen molar-refractivity contribution in [2.75, 3.05) is 36.5 Å². The zero-order valence-corrected chi connectivity index (χ0v) is 13.1. The number of hydrogen-bond donors (Lipinski definition) is 2. The summed E-state index contributed by atoms with van der Waals surface area (Å²) in [5.74, 6) is 1.62. The summed E-state index contributed by atoms with van der Waals surface area (Å²) in [6.07, 6.45) is 0.885. The molecule has 0 bridgehead atoms. The van der Waals surface area contributed by atoms with E-state index < -0.39 is 0 Å². The Morgan fingerprint density at radius 1 is 1.23 bits per heavy atom. The standard InChI is InChI=1S/C15H22N6O/c1-3-12-9-14(16-10-13-8-11(2)19-20-13)18-15(17-12)21-4-6-22-7-5-21/h8-9H,3-7,10H2,1-2H3,(H,19,20)(H,16,17,18). The molecule has 2 aromatic rings. The summed E-state index contributed by atoms with van der Waals surface area (Å²) in [6.45, 7) is 7.88. The number of rotatable bonds is 5. The highest BCUT2D eigenvalue weighted by atomic mass is 16.5. The van der Waals surface area contributed by atoms with E-state index >= 15 is 0 Å². The van der Waals surface area contributed by atoms with Gasteiger partial charge in [0.05, 0.1) is 25.5 Å². The summed E-state index contributed by atoms with van der Waals surface area (Å²) in [5, 5.41) is 10.5. The number of H-pyrrole nitrogens is 1. The number of nitrogens with zero attached hydrogens (tertiary/aromatic N) is 4. The summed E-state index contributed by atoms with van der Waals surface area (Å²) in [6, 6.07) is 4.03. The van der Waals surface area contributed by atoms with Crippen molar-refractivity contribution in [3.8, 4) is 0 Å². The van der Waals surface area contributed by atoms with Crippen LogP contribution in [0, 0.1) is 6.92 Å². The van der Waals surface area contributed by atoms with Crippen LogP contribution in [0.3, 0.4) is 0 Å².